The van der Waals surface area contributed by atoms with Crippen molar-refractivity contribution in [2.45, 2.75) is 117 Å². The summed E-state index contributed by atoms with van der Waals surface area (Å²) in [5.41, 5.74) is 14.7. The second-order valence-corrected chi connectivity index (χ2v) is 23.9. The van der Waals surface area contributed by atoms with Crippen LogP contribution in [0.25, 0.3) is 27.6 Å². The lowest BCUT2D eigenvalue weighted by Gasteiger charge is -2.32. The second kappa shape index (κ2) is 17.3. The molecule has 10 rings (SSSR count). The fraction of sp³-hybridized carbons (Fsp3) is 0.288. The summed E-state index contributed by atoms with van der Waals surface area (Å²) in [6, 6.07) is 62.4. The highest BCUT2D eigenvalue weighted by Crippen LogP contribution is 2.49. The molecule has 1 aliphatic rings. The van der Waals surface area contributed by atoms with Gasteiger partial charge in [-0.3, -0.25) is 4.57 Å². The summed E-state index contributed by atoms with van der Waals surface area (Å²) in [7, 11) is 0. The molecule has 71 heavy (non-hydrogen) atoms. The number of hydrogen-bond acceptors (Lipinski definition) is 4. The monoisotopic (exact) mass is 935 g/mol. The van der Waals surface area contributed by atoms with E-state index in [1.54, 1.807) is 0 Å². The minimum Gasteiger partial charge on any atom is -0.457 e. The van der Waals surface area contributed by atoms with Crippen molar-refractivity contribution in [1.29, 1.82) is 0 Å². The molecule has 0 fully saturated rings. The van der Waals surface area contributed by atoms with Gasteiger partial charge in [0.15, 0.2) is 0 Å². The predicted octanol–water partition coefficient (Wildman–Crippen LogP) is 17.8. The zero-order valence-corrected chi connectivity index (χ0v) is 44.1. The Bertz CT molecular complexity index is 3430. The van der Waals surface area contributed by atoms with E-state index in [1.807, 2.05) is 6.20 Å². The zero-order valence-electron chi connectivity index (χ0n) is 44.1. The van der Waals surface area contributed by atoms with Crippen LogP contribution in [0.1, 0.15) is 129 Å². The Morgan fingerprint density at radius 3 is 1.49 bits per heavy atom. The topological polar surface area (TPSA) is 33.5 Å². The van der Waals surface area contributed by atoms with E-state index in [0.29, 0.717) is 6.67 Å². The van der Waals surface area contributed by atoms with Gasteiger partial charge in [-0.1, -0.05) is 187 Å². The fourth-order valence-corrected chi connectivity index (χ4v) is 10.5. The second-order valence-electron chi connectivity index (χ2n) is 23.9. The van der Waals surface area contributed by atoms with Crippen molar-refractivity contribution in [2.75, 3.05) is 16.5 Å². The van der Waals surface area contributed by atoms with Crippen LogP contribution < -0.4 is 14.5 Å². The standard InChI is InChI=1S/C66H70N4O/c1-62(2,3)46-32-33-67-60(39-46)70-56-29-21-20-28-54(56)61-55(64(7,8)9)41-53(42-59(61)70)71-52-38-49(66(12,13)45-26-18-15-19-27-45)37-51(40-52)69-43-68(57-30-22-23-31-58(57)69)50-35-47(63(4,5)6)34-48(36-50)65(10,11)44-24-16-14-17-25-44/h14-42H,43H2,1-13H3. The van der Waals surface area contributed by atoms with Crippen LogP contribution in [-0.2, 0) is 27.1 Å². The molecule has 2 aromatic heterocycles. The third-order valence-corrected chi connectivity index (χ3v) is 15.1. The maximum Gasteiger partial charge on any atom is 0.137 e. The first kappa shape index (κ1) is 47.6. The SMILES string of the molecule is CC(C)(C)c1cc(N2CN(c3cc(Oc4cc(C(C)(C)C)c5c6ccccc6n(-c6cc(C(C)(C)C)ccn6)c5c4)cc(C(C)(C)c4ccccc4)c3)c3ccccc32)cc(C(C)(C)c2ccccc2)c1. The molecule has 360 valence electrons. The number of fused-ring (bicyclic) bond motifs is 4. The lowest BCUT2D eigenvalue weighted by atomic mass is 9.75. The summed E-state index contributed by atoms with van der Waals surface area (Å²) >= 11 is 0. The molecule has 1 aliphatic heterocycles. The van der Waals surface area contributed by atoms with Crippen molar-refractivity contribution in [3.63, 3.8) is 0 Å². The van der Waals surface area contributed by atoms with Crippen LogP contribution >= 0.6 is 0 Å². The first-order chi connectivity index (χ1) is 33.6. The molecule has 0 bridgehead atoms. The van der Waals surface area contributed by atoms with Crippen molar-refractivity contribution in [3.8, 4) is 17.3 Å². The molecule has 0 radical (unpaired) electrons. The Labute approximate surface area is 422 Å². The quantitative estimate of drug-likeness (QED) is 0.144. The molecule has 0 unspecified atom stereocenters. The van der Waals surface area contributed by atoms with E-state index in [9.17, 15) is 0 Å². The molecule has 0 saturated heterocycles. The average molecular weight is 935 g/mol. The summed E-state index contributed by atoms with van der Waals surface area (Å²) in [6.45, 7) is 30.6. The van der Waals surface area contributed by atoms with Gasteiger partial charge in [0.2, 0.25) is 0 Å². The lowest BCUT2D eigenvalue weighted by Crippen LogP contribution is -2.26. The molecule has 5 nitrogen and oxygen atoms in total. The zero-order chi connectivity index (χ0) is 50.3. The van der Waals surface area contributed by atoms with Crippen LogP contribution in [0, 0.1) is 0 Å². The van der Waals surface area contributed by atoms with Crippen LogP contribution in [0.3, 0.4) is 0 Å². The normalized spacial score (nSPS) is 13.6. The maximum absolute atomic E-state index is 7.33. The van der Waals surface area contributed by atoms with Gasteiger partial charge in [0.1, 0.15) is 24.0 Å². The van der Waals surface area contributed by atoms with E-state index in [2.05, 4.69) is 274 Å². The van der Waals surface area contributed by atoms with Crippen LogP contribution in [0.2, 0.25) is 0 Å². The fourth-order valence-electron chi connectivity index (χ4n) is 10.5. The number of benzene rings is 7. The van der Waals surface area contributed by atoms with Crippen LogP contribution in [-0.4, -0.2) is 16.2 Å². The van der Waals surface area contributed by atoms with Gasteiger partial charge in [-0.25, -0.2) is 4.98 Å². The summed E-state index contributed by atoms with van der Waals surface area (Å²) in [5.74, 6) is 2.47. The molecule has 0 atom stereocenters. The molecule has 5 heteroatoms. The lowest BCUT2D eigenvalue weighted by molar-refractivity contribution is 0.477. The Hall–Kier alpha value is -7.11. The first-order valence-corrected chi connectivity index (χ1v) is 25.4. The van der Waals surface area contributed by atoms with Crippen LogP contribution in [0.15, 0.2) is 176 Å². The number of nitrogens with zero attached hydrogens (tertiary/aromatic N) is 4. The molecule has 0 saturated carbocycles. The number of aromatic nitrogens is 2. The van der Waals surface area contributed by atoms with Crippen molar-refractivity contribution in [1.82, 2.24) is 9.55 Å². The van der Waals surface area contributed by atoms with Gasteiger partial charge in [-0.2, -0.15) is 0 Å². The number of pyridine rings is 1. The van der Waals surface area contributed by atoms with Gasteiger partial charge in [0, 0.05) is 51.3 Å². The number of rotatable bonds is 9. The van der Waals surface area contributed by atoms with E-state index >= 15 is 0 Å². The average Bonchev–Trinajstić information content (AvgIpc) is 3.90. The summed E-state index contributed by atoms with van der Waals surface area (Å²) in [4.78, 5) is 9.99. The maximum atomic E-state index is 7.33. The van der Waals surface area contributed by atoms with E-state index in [4.69, 9.17) is 9.72 Å². The third-order valence-electron chi connectivity index (χ3n) is 15.1. The Kier molecular flexibility index (Phi) is 11.6. The van der Waals surface area contributed by atoms with Gasteiger partial charge in [-0.15, -0.1) is 0 Å². The molecule has 0 aliphatic carbocycles. The summed E-state index contributed by atoms with van der Waals surface area (Å²) in [6.07, 6.45) is 1.95. The third kappa shape index (κ3) is 8.79. The summed E-state index contributed by atoms with van der Waals surface area (Å²) in [5, 5.41) is 2.43. The highest BCUT2D eigenvalue weighted by atomic mass is 16.5. The summed E-state index contributed by atoms with van der Waals surface area (Å²) < 4.78 is 9.67. The highest BCUT2D eigenvalue weighted by molar-refractivity contribution is 6.11. The number of anilines is 4. The number of ether oxygens (including phenoxy) is 1. The van der Waals surface area contributed by atoms with Crippen LogP contribution in [0.4, 0.5) is 22.7 Å². The molecule has 3 heterocycles. The van der Waals surface area contributed by atoms with Crippen LogP contribution in [0.5, 0.6) is 11.5 Å². The van der Waals surface area contributed by atoms with Gasteiger partial charge in [0.25, 0.3) is 0 Å². The Morgan fingerprint density at radius 2 is 0.915 bits per heavy atom. The molecule has 0 amide bonds. The smallest absolute Gasteiger partial charge is 0.137 e. The van der Waals surface area contributed by atoms with E-state index in [-0.39, 0.29) is 27.1 Å². The van der Waals surface area contributed by atoms with Crippen molar-refractivity contribution in [2.24, 2.45) is 0 Å². The molecule has 9 aromatic rings. The minimum atomic E-state index is -0.343. The Morgan fingerprint density at radius 1 is 0.408 bits per heavy atom. The Balaban J connectivity index is 1.14. The molecular weight excluding hydrogens is 865 g/mol. The van der Waals surface area contributed by atoms with Gasteiger partial charge in [0.05, 0.1) is 22.4 Å². The van der Waals surface area contributed by atoms with Gasteiger partial charge >= 0.3 is 0 Å². The molecule has 0 N–H and O–H groups in total. The minimum absolute atomic E-state index is 0.0386. The number of para-hydroxylation sites is 3. The van der Waals surface area contributed by atoms with Crippen molar-refractivity contribution in [3.05, 3.63) is 215 Å². The first-order valence-electron chi connectivity index (χ1n) is 25.4. The largest absolute Gasteiger partial charge is 0.457 e. The molecular formula is C66H70N4O. The van der Waals surface area contributed by atoms with Gasteiger partial charge in [-0.05, 0) is 116 Å². The van der Waals surface area contributed by atoms with Gasteiger partial charge < -0.3 is 14.5 Å². The molecule has 7 aromatic carbocycles. The van der Waals surface area contributed by atoms with Crippen molar-refractivity contribution < 1.29 is 4.74 Å². The van der Waals surface area contributed by atoms with Crippen molar-refractivity contribution >= 4 is 44.6 Å². The molecule has 0 spiro atoms. The van der Waals surface area contributed by atoms with E-state index < -0.39 is 0 Å². The number of hydrogen-bond donors (Lipinski definition) is 0. The predicted molar refractivity (Wildman–Crippen MR) is 300 cm³/mol. The van der Waals surface area contributed by atoms with E-state index in [0.717, 1.165) is 39.7 Å². The van der Waals surface area contributed by atoms with E-state index in [1.165, 1.54) is 61.1 Å². The highest BCUT2D eigenvalue weighted by Gasteiger charge is 2.34.